The third-order valence-electron chi connectivity index (χ3n) is 5.25. The molecular formula is C20H25N3O6S. The Bertz CT molecular complexity index is 873. The first kappa shape index (κ1) is 21.0. The second-order valence-corrected chi connectivity index (χ2v) is 8.05. The molecule has 10 heteroatoms. The molecule has 0 aliphatic carbocycles. The molecule has 9 nitrogen and oxygen atoms in total. The van der Waals surface area contributed by atoms with Gasteiger partial charge in [-0.15, -0.1) is 11.8 Å². The van der Waals surface area contributed by atoms with E-state index in [1.807, 2.05) is 11.0 Å². The molecule has 0 unspecified atom stereocenters. The van der Waals surface area contributed by atoms with Crippen LogP contribution in [0.25, 0.3) is 11.4 Å². The Hall–Kier alpha value is -2.30. The molecule has 3 heterocycles. The number of ether oxygens (including phenoxy) is 4. The average Bonchev–Trinajstić information content (AvgIpc) is 3.44. The number of nitrogens with zero attached hydrogens (tertiary/aromatic N) is 3. The fourth-order valence-corrected chi connectivity index (χ4v) is 4.36. The van der Waals surface area contributed by atoms with Gasteiger partial charge in [0.25, 0.3) is 0 Å². The monoisotopic (exact) mass is 435 g/mol. The zero-order valence-electron chi connectivity index (χ0n) is 17.1. The van der Waals surface area contributed by atoms with E-state index in [4.69, 9.17) is 23.5 Å². The highest BCUT2D eigenvalue weighted by Gasteiger charge is 2.40. The summed E-state index contributed by atoms with van der Waals surface area (Å²) in [4.78, 5) is 18.8. The molecule has 2 aromatic rings. The highest BCUT2D eigenvalue weighted by Crippen LogP contribution is 2.32. The third kappa shape index (κ3) is 4.55. The van der Waals surface area contributed by atoms with E-state index in [9.17, 15) is 4.79 Å². The van der Waals surface area contributed by atoms with Crippen LogP contribution in [0.5, 0.6) is 11.5 Å². The van der Waals surface area contributed by atoms with Crippen molar-refractivity contribution in [2.45, 2.75) is 24.4 Å². The lowest BCUT2D eigenvalue weighted by Crippen LogP contribution is -2.47. The smallest absolute Gasteiger partial charge is 0.236 e. The number of amides is 1. The number of methoxy groups -OCH3 is 2. The minimum atomic E-state index is -0.464. The number of carbonyl (C=O) groups is 1. The molecule has 0 N–H and O–H groups in total. The summed E-state index contributed by atoms with van der Waals surface area (Å²) in [5, 5.41) is 4.03. The molecule has 2 fully saturated rings. The minimum Gasteiger partial charge on any atom is -0.493 e. The number of rotatable bonds is 7. The van der Waals surface area contributed by atoms with Crippen molar-refractivity contribution in [3.63, 3.8) is 0 Å². The van der Waals surface area contributed by atoms with Gasteiger partial charge >= 0.3 is 0 Å². The SMILES string of the molecule is COc1ccc(-c2noc(CSCC(=O)N3CCC4(CC3)OCCO4)n2)cc1OC. The average molecular weight is 436 g/mol. The highest BCUT2D eigenvalue weighted by atomic mass is 32.2. The molecule has 2 aliphatic heterocycles. The van der Waals surface area contributed by atoms with E-state index >= 15 is 0 Å². The Morgan fingerprint density at radius 3 is 2.60 bits per heavy atom. The van der Waals surface area contributed by atoms with E-state index in [2.05, 4.69) is 10.1 Å². The van der Waals surface area contributed by atoms with Crippen molar-refractivity contribution in [3.8, 4) is 22.9 Å². The molecule has 0 bridgehead atoms. The van der Waals surface area contributed by atoms with Crippen molar-refractivity contribution in [1.29, 1.82) is 0 Å². The molecule has 162 valence electrons. The Morgan fingerprint density at radius 2 is 1.90 bits per heavy atom. The van der Waals surface area contributed by atoms with Crippen molar-refractivity contribution >= 4 is 17.7 Å². The lowest BCUT2D eigenvalue weighted by atomic mass is 10.0. The molecule has 30 heavy (non-hydrogen) atoms. The Balaban J connectivity index is 1.26. The molecule has 1 amide bonds. The van der Waals surface area contributed by atoms with Gasteiger partial charge in [0.15, 0.2) is 17.3 Å². The quantitative estimate of drug-likeness (QED) is 0.649. The fraction of sp³-hybridized carbons (Fsp3) is 0.550. The second-order valence-electron chi connectivity index (χ2n) is 7.06. The number of hydrogen-bond donors (Lipinski definition) is 0. The Morgan fingerprint density at radius 1 is 1.17 bits per heavy atom. The van der Waals surface area contributed by atoms with Gasteiger partial charge < -0.3 is 28.4 Å². The van der Waals surface area contributed by atoms with E-state index in [0.29, 0.717) is 61.0 Å². The number of piperidine rings is 1. The third-order valence-corrected chi connectivity index (χ3v) is 6.15. The number of likely N-dealkylation sites (tertiary alicyclic amines) is 1. The van der Waals surface area contributed by atoms with Gasteiger partial charge in [0, 0.05) is 31.5 Å². The summed E-state index contributed by atoms with van der Waals surface area (Å²) in [7, 11) is 3.16. The highest BCUT2D eigenvalue weighted by molar-refractivity contribution is 7.99. The van der Waals surface area contributed by atoms with Crippen LogP contribution < -0.4 is 9.47 Å². The molecule has 1 aromatic carbocycles. The number of benzene rings is 1. The van der Waals surface area contributed by atoms with Crippen LogP contribution in [0.4, 0.5) is 0 Å². The molecular weight excluding hydrogens is 410 g/mol. The van der Waals surface area contributed by atoms with Gasteiger partial charge in [0.2, 0.25) is 17.6 Å². The van der Waals surface area contributed by atoms with Gasteiger partial charge in [-0.05, 0) is 18.2 Å². The lowest BCUT2D eigenvalue weighted by Gasteiger charge is -2.37. The summed E-state index contributed by atoms with van der Waals surface area (Å²) < 4.78 is 27.3. The zero-order chi connectivity index (χ0) is 21.0. The predicted molar refractivity (Wildman–Crippen MR) is 109 cm³/mol. The van der Waals surface area contributed by atoms with Crippen molar-refractivity contribution in [3.05, 3.63) is 24.1 Å². The van der Waals surface area contributed by atoms with Crippen molar-refractivity contribution in [2.24, 2.45) is 0 Å². The van der Waals surface area contributed by atoms with Crippen LogP contribution in [-0.4, -0.2) is 73.0 Å². The van der Waals surface area contributed by atoms with E-state index in [1.54, 1.807) is 26.4 Å². The predicted octanol–water partition coefficient (Wildman–Crippen LogP) is 2.35. The van der Waals surface area contributed by atoms with Crippen LogP contribution in [-0.2, 0) is 20.0 Å². The van der Waals surface area contributed by atoms with Crippen molar-refractivity contribution in [2.75, 3.05) is 46.3 Å². The number of thioether (sulfide) groups is 1. The molecule has 0 radical (unpaired) electrons. The second kappa shape index (κ2) is 9.23. The molecule has 2 aliphatic rings. The minimum absolute atomic E-state index is 0.104. The van der Waals surface area contributed by atoms with Crippen LogP contribution in [0, 0.1) is 0 Å². The summed E-state index contributed by atoms with van der Waals surface area (Å²) in [6, 6.07) is 5.43. The normalized spacial score (nSPS) is 18.0. The molecule has 1 aromatic heterocycles. The first-order valence-corrected chi connectivity index (χ1v) is 11.0. The lowest BCUT2D eigenvalue weighted by molar-refractivity contribution is -0.186. The number of aromatic nitrogens is 2. The van der Waals surface area contributed by atoms with Gasteiger partial charge in [0.1, 0.15) is 0 Å². The van der Waals surface area contributed by atoms with E-state index in [0.717, 1.165) is 18.4 Å². The number of hydrogen-bond acceptors (Lipinski definition) is 9. The summed E-state index contributed by atoms with van der Waals surface area (Å²) in [6.07, 6.45) is 1.45. The van der Waals surface area contributed by atoms with Crippen molar-refractivity contribution < 1.29 is 28.3 Å². The van der Waals surface area contributed by atoms with Gasteiger partial charge in [-0.25, -0.2) is 0 Å². The largest absolute Gasteiger partial charge is 0.493 e. The first-order valence-electron chi connectivity index (χ1n) is 9.81. The molecule has 0 saturated carbocycles. The maximum absolute atomic E-state index is 12.5. The molecule has 1 spiro atoms. The topological polar surface area (TPSA) is 96.2 Å². The van der Waals surface area contributed by atoms with E-state index < -0.39 is 5.79 Å². The summed E-state index contributed by atoms with van der Waals surface area (Å²) in [5.74, 6) is 2.64. The van der Waals surface area contributed by atoms with Crippen LogP contribution in [0.2, 0.25) is 0 Å². The van der Waals surface area contributed by atoms with Crippen molar-refractivity contribution in [1.82, 2.24) is 15.0 Å². The van der Waals surface area contributed by atoms with Crippen LogP contribution in [0.1, 0.15) is 18.7 Å². The summed E-state index contributed by atoms with van der Waals surface area (Å²) in [5.41, 5.74) is 0.766. The maximum Gasteiger partial charge on any atom is 0.236 e. The Kier molecular flexibility index (Phi) is 6.45. The summed E-state index contributed by atoms with van der Waals surface area (Å²) in [6.45, 7) is 2.59. The van der Waals surface area contributed by atoms with E-state index in [-0.39, 0.29) is 5.91 Å². The maximum atomic E-state index is 12.5. The number of carbonyl (C=O) groups excluding carboxylic acids is 1. The van der Waals surface area contributed by atoms with Gasteiger partial charge in [-0.1, -0.05) is 5.16 Å². The van der Waals surface area contributed by atoms with E-state index in [1.165, 1.54) is 11.8 Å². The van der Waals surface area contributed by atoms with Gasteiger partial charge in [-0.2, -0.15) is 4.98 Å². The molecule has 0 atom stereocenters. The molecule has 2 saturated heterocycles. The Labute approximate surface area is 179 Å². The van der Waals surface area contributed by atoms with Crippen LogP contribution in [0.15, 0.2) is 22.7 Å². The zero-order valence-corrected chi connectivity index (χ0v) is 17.9. The summed E-state index contributed by atoms with van der Waals surface area (Å²) >= 11 is 1.46. The van der Waals surface area contributed by atoms with Gasteiger partial charge in [0.05, 0.1) is 38.9 Å². The molecule has 4 rings (SSSR count). The fourth-order valence-electron chi connectivity index (χ4n) is 3.61. The van der Waals surface area contributed by atoms with Crippen LogP contribution >= 0.6 is 11.8 Å². The standard InChI is InChI=1S/C20H25N3O6S/c1-25-15-4-3-14(11-16(15)26-2)19-21-17(29-22-19)12-30-13-18(24)23-7-5-20(6-8-23)27-9-10-28-20/h3-4,11H,5-10,12-13H2,1-2H3. The first-order chi connectivity index (χ1) is 14.6. The van der Waals surface area contributed by atoms with Crippen LogP contribution in [0.3, 0.4) is 0 Å². The van der Waals surface area contributed by atoms with Gasteiger partial charge in [-0.3, -0.25) is 4.79 Å².